The number of amides is 1. The number of aliphatic hydroxyl groups excluding tert-OH is 1. The second-order valence-electron chi connectivity index (χ2n) is 23.4. The third kappa shape index (κ3) is 77.5. The standard InChI is InChI=1S/C77H137N3O33/c1-71-5-3-4-6-75(71)78-77(83)76(72(2)82)80-79-73-7-9-74(10-8-73)113-70-69-112-68-67-111-66-65-110-64-63-109-62-61-108-60-59-107-58-57-106-56-55-105-54-53-104-52-51-103-50-49-102-48-47-101-46-45-100-44-43-99-42-41-98-40-39-97-38-37-96-36-35-95-34-33-94-32-31-93-30-29-92-28-27-91-26-25-90-24-23-89-22-21-88-20-19-87-18-17-86-16-15-85-14-13-84-12-11-81/h3-10,76,81H,11-70H2,1-2H3,(H,78,83). The predicted molar refractivity (Wildman–Crippen MR) is 412 cm³/mol. The summed E-state index contributed by atoms with van der Waals surface area (Å²) in [4.78, 5) is 24.8. The molecular weight excluding hydrogens is 1490 g/mol. The monoisotopic (exact) mass is 1630 g/mol. The Morgan fingerprint density at radius 2 is 0.460 bits per heavy atom. The summed E-state index contributed by atoms with van der Waals surface area (Å²) >= 11 is 0. The van der Waals surface area contributed by atoms with Crippen molar-refractivity contribution in [1.29, 1.82) is 0 Å². The van der Waals surface area contributed by atoms with Crippen LogP contribution >= 0.6 is 0 Å². The van der Waals surface area contributed by atoms with Crippen molar-refractivity contribution in [3.63, 3.8) is 0 Å². The van der Waals surface area contributed by atoms with Gasteiger partial charge in [0.2, 0.25) is 6.04 Å². The topological polar surface area (TPSA) is 368 Å². The number of carbonyl (C=O) groups excluding carboxylic acids is 2. The van der Waals surface area contributed by atoms with Crippen molar-refractivity contribution >= 4 is 23.1 Å². The number of aliphatic hydroxyl groups is 1. The molecule has 0 aromatic heterocycles. The largest absolute Gasteiger partial charge is 0.491 e. The molecule has 0 aliphatic carbocycles. The molecule has 0 radical (unpaired) electrons. The summed E-state index contributed by atoms with van der Waals surface area (Å²) < 4.78 is 165. The van der Waals surface area contributed by atoms with E-state index in [1.165, 1.54) is 6.92 Å². The molecule has 0 aliphatic heterocycles. The number of ether oxygens (including phenoxy) is 30. The summed E-state index contributed by atoms with van der Waals surface area (Å²) in [5.41, 5.74) is 1.97. The number of nitrogens with one attached hydrogen (secondary N) is 1. The lowest BCUT2D eigenvalue weighted by atomic mass is 10.1. The van der Waals surface area contributed by atoms with E-state index in [1.807, 2.05) is 19.1 Å². The van der Waals surface area contributed by atoms with Crippen LogP contribution in [0.3, 0.4) is 0 Å². The molecule has 2 N–H and O–H groups in total. The number of hydrogen-bond acceptors (Lipinski definition) is 35. The molecule has 36 heteroatoms. The van der Waals surface area contributed by atoms with E-state index < -0.39 is 17.7 Å². The van der Waals surface area contributed by atoms with E-state index in [9.17, 15) is 9.59 Å². The second kappa shape index (κ2) is 88.6. The van der Waals surface area contributed by atoms with Gasteiger partial charge in [0.1, 0.15) is 12.4 Å². The average molecular weight is 1630 g/mol. The zero-order chi connectivity index (χ0) is 80.5. The van der Waals surface area contributed by atoms with E-state index in [0.29, 0.717) is 407 Å². The molecule has 0 aliphatic rings. The summed E-state index contributed by atoms with van der Waals surface area (Å²) in [5.74, 6) is -0.341. The highest BCUT2D eigenvalue weighted by Crippen LogP contribution is 2.20. The van der Waals surface area contributed by atoms with E-state index in [1.54, 1.807) is 36.4 Å². The van der Waals surface area contributed by atoms with Crippen LogP contribution in [0.2, 0.25) is 0 Å². The van der Waals surface area contributed by atoms with Gasteiger partial charge < -0.3 is 153 Å². The Hall–Kier alpha value is -4.22. The minimum absolute atomic E-state index is 0.0146. The maximum absolute atomic E-state index is 12.7. The zero-order valence-electron chi connectivity index (χ0n) is 67.5. The highest BCUT2D eigenvalue weighted by atomic mass is 16.6. The van der Waals surface area contributed by atoms with Gasteiger partial charge in [-0.3, -0.25) is 9.59 Å². The van der Waals surface area contributed by atoms with Gasteiger partial charge in [0.15, 0.2) is 5.78 Å². The SMILES string of the molecule is CC(=O)C(N=Nc1ccc(OCCOCCOCCOCCOCCOCCOCCOCCOCCOCCOCCOCCOCCOCCOCCOCCOCCOCCOCCOCCOCCOCCOCCOCCOCCOCCOCCOCCOCCOCCO)cc1)C(=O)Nc1ccccc1C. The molecule has 2 rings (SSSR count). The number of benzene rings is 2. The normalized spacial score (nSPS) is 12.0. The number of rotatable bonds is 95. The average Bonchev–Trinajstić information content (AvgIpc) is 0.870. The first kappa shape index (κ1) is 105. The molecule has 0 fully saturated rings. The Morgan fingerprint density at radius 1 is 0.274 bits per heavy atom. The molecule has 1 atom stereocenters. The van der Waals surface area contributed by atoms with Crippen LogP contribution in [0.25, 0.3) is 0 Å². The second-order valence-corrected chi connectivity index (χ2v) is 23.4. The zero-order valence-corrected chi connectivity index (χ0v) is 67.5. The number of azo groups is 1. The Balaban J connectivity index is 1.11. The summed E-state index contributed by atoms with van der Waals surface area (Å²) in [6.45, 7) is 30.6. The number of ketones is 1. The molecule has 0 saturated carbocycles. The lowest BCUT2D eigenvalue weighted by molar-refractivity contribution is -0.126. The fourth-order valence-electron chi connectivity index (χ4n) is 8.51. The quantitative estimate of drug-likeness (QED) is 0.0543. The molecule has 0 saturated heterocycles. The predicted octanol–water partition coefficient (Wildman–Crippen LogP) is 3.53. The van der Waals surface area contributed by atoms with Gasteiger partial charge in [-0.15, -0.1) is 0 Å². The number of aryl methyl sites for hydroxylation is 1. The van der Waals surface area contributed by atoms with Crippen LogP contribution in [-0.2, 0) is 147 Å². The van der Waals surface area contributed by atoms with E-state index in [2.05, 4.69) is 15.5 Å². The number of hydrogen-bond donors (Lipinski definition) is 2. The maximum Gasteiger partial charge on any atom is 0.258 e. The Kier molecular flexibility index (Phi) is 82.2. The van der Waals surface area contributed by atoms with Gasteiger partial charge in [-0.1, -0.05) is 18.2 Å². The third-order valence-corrected chi connectivity index (χ3v) is 14.3. The van der Waals surface area contributed by atoms with E-state index >= 15 is 0 Å². The maximum atomic E-state index is 12.7. The molecule has 658 valence electrons. The van der Waals surface area contributed by atoms with Gasteiger partial charge in [-0.05, 0) is 49.7 Å². The number of nitrogens with zero attached hydrogens (tertiary/aromatic N) is 2. The van der Waals surface area contributed by atoms with Crippen molar-refractivity contribution in [3.05, 3.63) is 54.1 Å². The molecule has 2 aromatic carbocycles. The van der Waals surface area contributed by atoms with Crippen molar-refractivity contribution in [2.45, 2.75) is 19.9 Å². The van der Waals surface area contributed by atoms with Crippen LogP contribution in [0, 0.1) is 6.92 Å². The number of Topliss-reactive ketones (excluding diaryl/α,β-unsaturated/α-hetero) is 1. The lowest BCUT2D eigenvalue weighted by Gasteiger charge is -2.11. The van der Waals surface area contributed by atoms with E-state index in [-0.39, 0.29) is 6.61 Å². The van der Waals surface area contributed by atoms with Crippen molar-refractivity contribution in [3.8, 4) is 5.75 Å². The first-order valence-electron chi connectivity index (χ1n) is 39.4. The molecule has 113 heavy (non-hydrogen) atoms. The molecule has 0 spiro atoms. The van der Waals surface area contributed by atoms with Gasteiger partial charge in [-0.2, -0.15) is 10.2 Å². The highest BCUT2D eigenvalue weighted by molar-refractivity contribution is 6.10. The van der Waals surface area contributed by atoms with Crippen LogP contribution in [0.1, 0.15) is 12.5 Å². The fraction of sp³-hybridized carbons (Fsp3) is 0.818. The van der Waals surface area contributed by atoms with Gasteiger partial charge >= 0.3 is 0 Å². The number of anilines is 1. The van der Waals surface area contributed by atoms with Crippen molar-refractivity contribution < 1.29 is 157 Å². The molecule has 1 unspecified atom stereocenters. The molecule has 36 nitrogen and oxygen atoms in total. The van der Waals surface area contributed by atoms with Crippen molar-refractivity contribution in [2.24, 2.45) is 10.2 Å². The Labute approximate surface area is 669 Å². The summed E-state index contributed by atoms with van der Waals surface area (Å²) in [5, 5.41) is 19.5. The number of para-hydroxylation sites is 1. The molecule has 0 bridgehead atoms. The smallest absolute Gasteiger partial charge is 0.258 e. The van der Waals surface area contributed by atoms with E-state index in [4.69, 9.17) is 147 Å². The third-order valence-electron chi connectivity index (χ3n) is 14.3. The first-order valence-corrected chi connectivity index (χ1v) is 39.4. The summed E-state index contributed by atoms with van der Waals surface area (Å²) in [6, 6.07) is 12.9. The van der Waals surface area contributed by atoms with Crippen LogP contribution in [0.4, 0.5) is 11.4 Å². The van der Waals surface area contributed by atoms with Gasteiger partial charge in [-0.25, -0.2) is 0 Å². The molecule has 2 aromatic rings. The molecular formula is C77H137N3O33. The Bertz CT molecular complexity index is 2300. The number of carbonyl (C=O) groups is 2. The molecule has 1 amide bonds. The highest BCUT2D eigenvalue weighted by Gasteiger charge is 2.24. The van der Waals surface area contributed by atoms with Gasteiger partial charge in [0.25, 0.3) is 5.91 Å². The van der Waals surface area contributed by atoms with E-state index in [0.717, 1.165) is 5.56 Å². The van der Waals surface area contributed by atoms with Crippen molar-refractivity contribution in [2.75, 3.05) is 402 Å². The van der Waals surface area contributed by atoms with Crippen LogP contribution in [0.15, 0.2) is 58.8 Å². The van der Waals surface area contributed by atoms with Crippen molar-refractivity contribution in [1.82, 2.24) is 0 Å². The Morgan fingerprint density at radius 3 is 0.646 bits per heavy atom. The summed E-state index contributed by atoms with van der Waals surface area (Å²) in [6.07, 6.45) is 0. The first-order chi connectivity index (χ1) is 56.0. The minimum Gasteiger partial charge on any atom is -0.491 e. The van der Waals surface area contributed by atoms with Gasteiger partial charge in [0.05, 0.1) is 395 Å². The van der Waals surface area contributed by atoms with Crippen LogP contribution in [-0.4, -0.2) is 419 Å². The fourth-order valence-corrected chi connectivity index (χ4v) is 8.51. The summed E-state index contributed by atoms with van der Waals surface area (Å²) in [7, 11) is 0. The molecule has 0 heterocycles. The van der Waals surface area contributed by atoms with Gasteiger partial charge in [0, 0.05) is 5.69 Å². The lowest BCUT2D eigenvalue weighted by Crippen LogP contribution is -2.32. The minimum atomic E-state index is -1.26. The van der Waals surface area contributed by atoms with Crippen LogP contribution in [0.5, 0.6) is 5.75 Å². The van der Waals surface area contributed by atoms with Crippen LogP contribution < -0.4 is 10.1 Å².